The largest absolute Gasteiger partial charge is 0.456 e. The molecule has 1 spiro atoms. The first kappa shape index (κ1) is 45.6. The molecule has 1 heterocycles. The normalized spacial score (nSPS) is 15.6. The zero-order chi connectivity index (χ0) is 51.5. The molecule has 0 fully saturated rings. The molecular weight excluding hydrogens is 919 g/mol. The van der Waals surface area contributed by atoms with E-state index in [1.165, 1.54) is 100 Å². The van der Waals surface area contributed by atoms with Gasteiger partial charge in [0, 0.05) is 28.6 Å². The van der Waals surface area contributed by atoms with Crippen LogP contribution in [0, 0.1) is 27.7 Å². The minimum absolute atomic E-state index is 0.542. The van der Waals surface area contributed by atoms with Crippen molar-refractivity contribution in [2.24, 2.45) is 0 Å². The van der Waals surface area contributed by atoms with Crippen LogP contribution in [-0.4, -0.2) is 0 Å². The van der Waals surface area contributed by atoms with E-state index in [4.69, 9.17) is 4.42 Å². The van der Waals surface area contributed by atoms with Crippen LogP contribution < -0.4 is 4.90 Å². The van der Waals surface area contributed by atoms with Gasteiger partial charge in [0.05, 0.1) is 16.5 Å². The summed E-state index contributed by atoms with van der Waals surface area (Å²) in [6.45, 7) is 15.9. The SMILES string of the molecule is C=C/C(=C\C=C/C)C1(c2ccccc2)c2ccccc2-c2ccc(N(c3ccc(-c4cccc5oc6ccccc6c45)cc3)c3cc(C)c(C)c4c3Cc3cc(C)c(C)cc3C43c4ccccc4-c4ccccc43)cc21. The van der Waals surface area contributed by atoms with Crippen molar-refractivity contribution in [2.75, 3.05) is 4.90 Å². The minimum Gasteiger partial charge on any atom is -0.456 e. The Morgan fingerprint density at radius 2 is 1.13 bits per heavy atom. The van der Waals surface area contributed by atoms with Crippen LogP contribution in [0.4, 0.5) is 17.1 Å². The molecule has 0 saturated carbocycles. The number of furan rings is 1. The third kappa shape index (κ3) is 6.28. The van der Waals surface area contributed by atoms with Crippen LogP contribution in [0.1, 0.15) is 79.2 Å². The standard InChI is InChI=1S/C74H57NO/c1-7-9-22-52(8-2)73(53-23-11-10-12-24-53)63-30-17-13-27-59(63)60-40-39-55(45-67(60)73)75(54-37-35-50(36-38-54)56-29-21-34-70-71(56)61-28-16-20-33-69(61)76-70)68-43-48(5)49(6)72-62(68)44-51-41-46(3)47(4)42-66(51)74(72)64-31-18-14-25-57(64)58-26-15-19-32-65(58)74/h7-43,45H,2,44H2,1,3-6H3/b9-7-,52-22+. The molecule has 0 N–H and O–H groups in total. The number of rotatable bonds is 8. The number of fused-ring (bicyclic) bond motifs is 15. The number of nitrogens with zero attached hydrogens (tertiary/aromatic N) is 1. The lowest BCUT2D eigenvalue weighted by Gasteiger charge is -2.44. The quantitative estimate of drug-likeness (QED) is 0.141. The van der Waals surface area contributed by atoms with Gasteiger partial charge < -0.3 is 9.32 Å². The van der Waals surface area contributed by atoms with Crippen molar-refractivity contribution in [3.63, 3.8) is 0 Å². The lowest BCUT2D eigenvalue weighted by Crippen LogP contribution is -2.36. The Morgan fingerprint density at radius 3 is 1.86 bits per heavy atom. The minimum atomic E-state index is -0.649. The van der Waals surface area contributed by atoms with Crippen LogP contribution in [0.3, 0.4) is 0 Å². The molecule has 1 aromatic heterocycles. The number of anilines is 3. The van der Waals surface area contributed by atoms with Crippen molar-refractivity contribution >= 4 is 39.0 Å². The topological polar surface area (TPSA) is 16.4 Å². The van der Waals surface area contributed by atoms with Crippen LogP contribution >= 0.6 is 0 Å². The second kappa shape index (κ2) is 17.3. The number of para-hydroxylation sites is 1. The number of allylic oxidation sites excluding steroid dienone is 5. The number of benzene rings is 10. The molecule has 14 rings (SSSR count). The van der Waals surface area contributed by atoms with Crippen molar-refractivity contribution in [1.29, 1.82) is 0 Å². The van der Waals surface area contributed by atoms with Gasteiger partial charge in [0.25, 0.3) is 0 Å². The van der Waals surface area contributed by atoms with Crippen LogP contribution in [0.25, 0.3) is 55.3 Å². The summed E-state index contributed by atoms with van der Waals surface area (Å²) in [5, 5.41) is 2.26. The van der Waals surface area contributed by atoms with E-state index in [1.807, 2.05) is 6.07 Å². The smallest absolute Gasteiger partial charge is 0.136 e. The maximum absolute atomic E-state index is 6.42. The molecule has 0 saturated heterocycles. The fourth-order valence-electron chi connectivity index (χ4n) is 14.0. The van der Waals surface area contributed by atoms with Crippen molar-refractivity contribution < 1.29 is 4.42 Å². The monoisotopic (exact) mass is 975 g/mol. The van der Waals surface area contributed by atoms with Crippen molar-refractivity contribution in [2.45, 2.75) is 51.9 Å². The highest BCUT2D eigenvalue weighted by Gasteiger charge is 2.52. The zero-order valence-corrected chi connectivity index (χ0v) is 43.7. The highest BCUT2D eigenvalue weighted by atomic mass is 16.3. The van der Waals surface area contributed by atoms with E-state index in [0.717, 1.165) is 56.4 Å². The van der Waals surface area contributed by atoms with Gasteiger partial charge in [-0.05, 0) is 188 Å². The lowest BCUT2D eigenvalue weighted by molar-refractivity contribution is 0.669. The molecule has 11 aromatic rings. The molecule has 1 unspecified atom stereocenters. The maximum atomic E-state index is 6.42. The van der Waals surface area contributed by atoms with Gasteiger partial charge in [-0.25, -0.2) is 0 Å². The molecule has 3 aliphatic rings. The van der Waals surface area contributed by atoms with Gasteiger partial charge in [0.15, 0.2) is 0 Å². The highest BCUT2D eigenvalue weighted by molar-refractivity contribution is 6.12. The Kier molecular flexibility index (Phi) is 10.4. The molecule has 0 amide bonds. The van der Waals surface area contributed by atoms with E-state index in [9.17, 15) is 0 Å². The van der Waals surface area contributed by atoms with E-state index in [1.54, 1.807) is 0 Å². The molecule has 3 aliphatic carbocycles. The third-order valence-corrected chi connectivity index (χ3v) is 17.4. The van der Waals surface area contributed by atoms with Crippen molar-refractivity contribution in [3.05, 3.63) is 315 Å². The van der Waals surface area contributed by atoms with E-state index >= 15 is 0 Å². The van der Waals surface area contributed by atoms with E-state index in [0.29, 0.717) is 0 Å². The predicted octanol–water partition coefficient (Wildman–Crippen LogP) is 19.2. The average Bonchev–Trinajstić information content (AvgIpc) is 4.29. The fourth-order valence-corrected chi connectivity index (χ4v) is 14.0. The molecule has 10 aromatic carbocycles. The molecule has 1 atom stereocenters. The van der Waals surface area contributed by atoms with Gasteiger partial charge in [-0.2, -0.15) is 0 Å². The summed E-state index contributed by atoms with van der Waals surface area (Å²) in [6.07, 6.45) is 9.39. The van der Waals surface area contributed by atoms with E-state index in [-0.39, 0.29) is 0 Å². The summed E-state index contributed by atoms with van der Waals surface area (Å²) in [5.41, 5.74) is 29.6. The van der Waals surface area contributed by atoms with Gasteiger partial charge in [0.1, 0.15) is 11.2 Å². The first-order valence-electron chi connectivity index (χ1n) is 26.8. The van der Waals surface area contributed by atoms with E-state index in [2.05, 4.69) is 271 Å². The van der Waals surface area contributed by atoms with Crippen molar-refractivity contribution in [1.82, 2.24) is 0 Å². The molecule has 2 nitrogen and oxygen atoms in total. The Balaban J connectivity index is 1.08. The Hall–Kier alpha value is -8.98. The van der Waals surface area contributed by atoms with Gasteiger partial charge >= 0.3 is 0 Å². The van der Waals surface area contributed by atoms with Gasteiger partial charge in [-0.15, -0.1) is 0 Å². The van der Waals surface area contributed by atoms with Crippen LogP contribution in [-0.2, 0) is 17.3 Å². The molecule has 76 heavy (non-hydrogen) atoms. The third-order valence-electron chi connectivity index (χ3n) is 17.4. The summed E-state index contributed by atoms with van der Waals surface area (Å²) in [5.74, 6) is 0. The second-order valence-corrected chi connectivity index (χ2v) is 21.2. The molecular formula is C74H57NO. The van der Waals surface area contributed by atoms with Gasteiger partial charge in [0.2, 0.25) is 0 Å². The van der Waals surface area contributed by atoms with Crippen molar-refractivity contribution in [3.8, 4) is 33.4 Å². The maximum Gasteiger partial charge on any atom is 0.136 e. The first-order chi connectivity index (χ1) is 37.3. The fraction of sp³-hybridized carbons (Fsp3) is 0.108. The summed E-state index contributed by atoms with van der Waals surface area (Å²) in [6, 6.07) is 77.3. The molecule has 2 heteroatoms. The Bertz CT molecular complexity index is 4230. The Morgan fingerprint density at radius 1 is 0.526 bits per heavy atom. The lowest BCUT2D eigenvalue weighted by atomic mass is 9.59. The molecule has 0 bridgehead atoms. The average molecular weight is 976 g/mol. The number of aryl methyl sites for hydroxylation is 3. The summed E-state index contributed by atoms with van der Waals surface area (Å²) >= 11 is 0. The summed E-state index contributed by atoms with van der Waals surface area (Å²) in [4.78, 5) is 2.58. The van der Waals surface area contributed by atoms with E-state index < -0.39 is 10.8 Å². The summed E-state index contributed by atoms with van der Waals surface area (Å²) in [7, 11) is 0. The molecule has 0 aliphatic heterocycles. The first-order valence-corrected chi connectivity index (χ1v) is 26.8. The predicted molar refractivity (Wildman–Crippen MR) is 318 cm³/mol. The highest BCUT2D eigenvalue weighted by Crippen LogP contribution is 2.63. The van der Waals surface area contributed by atoms with Crippen LogP contribution in [0.5, 0.6) is 0 Å². The molecule has 0 radical (unpaired) electrons. The second-order valence-electron chi connectivity index (χ2n) is 21.2. The summed E-state index contributed by atoms with van der Waals surface area (Å²) < 4.78 is 6.42. The zero-order valence-electron chi connectivity index (χ0n) is 43.7. The number of hydrogen-bond acceptors (Lipinski definition) is 2. The van der Waals surface area contributed by atoms with Gasteiger partial charge in [-0.3, -0.25) is 0 Å². The Labute approximate surface area is 446 Å². The molecule has 364 valence electrons. The van der Waals surface area contributed by atoms with Crippen LogP contribution in [0.2, 0.25) is 0 Å². The van der Waals surface area contributed by atoms with Crippen LogP contribution in [0.15, 0.2) is 247 Å². The number of hydrogen-bond donors (Lipinski definition) is 0. The van der Waals surface area contributed by atoms with Gasteiger partial charge in [-0.1, -0.05) is 195 Å².